The van der Waals surface area contributed by atoms with E-state index in [2.05, 4.69) is 19.2 Å². The van der Waals surface area contributed by atoms with Gasteiger partial charge < -0.3 is 15.0 Å². The molecule has 0 unspecified atom stereocenters. The van der Waals surface area contributed by atoms with Gasteiger partial charge in [-0.15, -0.1) is 0 Å². The molecular formula is C15H22N2O2. The van der Waals surface area contributed by atoms with Crippen LogP contribution in [0.3, 0.4) is 0 Å². The Morgan fingerprint density at radius 3 is 2.47 bits per heavy atom. The Morgan fingerprint density at radius 2 is 1.89 bits per heavy atom. The molecule has 1 amide bonds. The van der Waals surface area contributed by atoms with Crippen LogP contribution in [0.5, 0.6) is 0 Å². The maximum Gasteiger partial charge on any atom is 0.254 e. The molecule has 1 N–H and O–H groups in total. The number of ether oxygens (including phenoxy) is 1. The van der Waals surface area contributed by atoms with Gasteiger partial charge in [-0.1, -0.05) is 26.0 Å². The Bertz CT molecular complexity index is 409. The van der Waals surface area contributed by atoms with Crippen molar-refractivity contribution in [3.8, 4) is 0 Å². The summed E-state index contributed by atoms with van der Waals surface area (Å²) < 4.78 is 5.26. The second-order valence-corrected chi connectivity index (χ2v) is 5.14. The summed E-state index contributed by atoms with van der Waals surface area (Å²) >= 11 is 0. The van der Waals surface area contributed by atoms with E-state index < -0.39 is 0 Å². The van der Waals surface area contributed by atoms with Crippen LogP contribution in [0.4, 0.5) is 0 Å². The first-order valence-corrected chi connectivity index (χ1v) is 6.86. The Labute approximate surface area is 114 Å². The van der Waals surface area contributed by atoms with Gasteiger partial charge in [-0.25, -0.2) is 0 Å². The summed E-state index contributed by atoms with van der Waals surface area (Å²) in [6, 6.07) is 8.32. The number of morpholine rings is 1. The molecule has 1 saturated heterocycles. The Hall–Kier alpha value is -1.39. The van der Waals surface area contributed by atoms with E-state index in [-0.39, 0.29) is 5.91 Å². The van der Waals surface area contributed by atoms with Gasteiger partial charge in [-0.05, 0) is 17.7 Å². The normalized spacial score (nSPS) is 15.8. The van der Waals surface area contributed by atoms with Crippen molar-refractivity contribution in [3.63, 3.8) is 0 Å². The number of nitrogens with zero attached hydrogens (tertiary/aromatic N) is 1. The van der Waals surface area contributed by atoms with Gasteiger partial charge in [0, 0.05) is 31.2 Å². The third-order valence-corrected chi connectivity index (χ3v) is 3.21. The molecule has 1 aliphatic rings. The second kappa shape index (κ2) is 6.68. The molecule has 19 heavy (non-hydrogen) atoms. The van der Waals surface area contributed by atoms with Gasteiger partial charge in [-0.2, -0.15) is 0 Å². The third kappa shape index (κ3) is 4.04. The lowest BCUT2D eigenvalue weighted by molar-refractivity contribution is 0.0303. The second-order valence-electron chi connectivity index (χ2n) is 5.14. The van der Waals surface area contributed by atoms with Crippen LogP contribution in [0.15, 0.2) is 24.3 Å². The van der Waals surface area contributed by atoms with Gasteiger partial charge >= 0.3 is 0 Å². The molecule has 1 heterocycles. The van der Waals surface area contributed by atoms with Crippen molar-refractivity contribution in [2.75, 3.05) is 26.3 Å². The number of hydrogen-bond acceptors (Lipinski definition) is 3. The summed E-state index contributed by atoms with van der Waals surface area (Å²) in [4.78, 5) is 14.1. The number of nitrogens with one attached hydrogen (secondary N) is 1. The van der Waals surface area contributed by atoms with Crippen LogP contribution in [0.1, 0.15) is 29.8 Å². The maximum atomic E-state index is 12.2. The highest BCUT2D eigenvalue weighted by atomic mass is 16.5. The van der Waals surface area contributed by atoms with Crippen molar-refractivity contribution >= 4 is 5.91 Å². The number of carbonyl (C=O) groups excluding carboxylic acids is 1. The fraction of sp³-hybridized carbons (Fsp3) is 0.533. The highest BCUT2D eigenvalue weighted by Crippen LogP contribution is 2.09. The third-order valence-electron chi connectivity index (χ3n) is 3.21. The average Bonchev–Trinajstić information content (AvgIpc) is 2.46. The molecule has 0 spiro atoms. The monoisotopic (exact) mass is 262 g/mol. The largest absolute Gasteiger partial charge is 0.378 e. The van der Waals surface area contributed by atoms with E-state index in [4.69, 9.17) is 4.74 Å². The Morgan fingerprint density at radius 1 is 1.26 bits per heavy atom. The van der Waals surface area contributed by atoms with Crippen molar-refractivity contribution < 1.29 is 9.53 Å². The first-order chi connectivity index (χ1) is 9.16. The van der Waals surface area contributed by atoms with E-state index in [0.29, 0.717) is 32.3 Å². The molecule has 1 fully saturated rings. The molecule has 0 radical (unpaired) electrons. The van der Waals surface area contributed by atoms with Crippen molar-refractivity contribution in [2.45, 2.75) is 26.4 Å². The predicted molar refractivity (Wildman–Crippen MR) is 75.1 cm³/mol. The van der Waals surface area contributed by atoms with Crippen LogP contribution in [-0.2, 0) is 11.3 Å². The Balaban J connectivity index is 1.95. The molecule has 0 aliphatic carbocycles. The van der Waals surface area contributed by atoms with E-state index in [0.717, 1.165) is 12.1 Å². The molecule has 1 aromatic rings. The molecule has 0 aromatic heterocycles. The lowest BCUT2D eigenvalue weighted by Gasteiger charge is -2.26. The topological polar surface area (TPSA) is 41.6 Å². The number of amides is 1. The molecule has 1 aliphatic heterocycles. The first-order valence-electron chi connectivity index (χ1n) is 6.86. The lowest BCUT2D eigenvalue weighted by atomic mass is 10.1. The molecule has 104 valence electrons. The minimum Gasteiger partial charge on any atom is -0.378 e. The van der Waals surface area contributed by atoms with Gasteiger partial charge in [0.1, 0.15) is 0 Å². The van der Waals surface area contributed by atoms with E-state index in [1.165, 1.54) is 5.56 Å². The number of hydrogen-bond donors (Lipinski definition) is 1. The van der Waals surface area contributed by atoms with Crippen molar-refractivity contribution in [2.24, 2.45) is 0 Å². The van der Waals surface area contributed by atoms with Crippen LogP contribution in [-0.4, -0.2) is 43.2 Å². The summed E-state index contributed by atoms with van der Waals surface area (Å²) in [5.41, 5.74) is 1.96. The highest BCUT2D eigenvalue weighted by Gasteiger charge is 2.18. The molecule has 0 saturated carbocycles. The van der Waals surface area contributed by atoms with Crippen LogP contribution < -0.4 is 5.32 Å². The SMILES string of the molecule is CC(C)NCc1ccc(C(=O)N2CCOCC2)cc1. The quantitative estimate of drug-likeness (QED) is 0.897. The molecule has 4 nitrogen and oxygen atoms in total. The fourth-order valence-corrected chi connectivity index (χ4v) is 2.04. The zero-order valence-corrected chi connectivity index (χ0v) is 11.7. The molecular weight excluding hydrogens is 240 g/mol. The number of carbonyl (C=O) groups is 1. The molecule has 1 aromatic carbocycles. The lowest BCUT2D eigenvalue weighted by Crippen LogP contribution is -2.40. The van der Waals surface area contributed by atoms with E-state index >= 15 is 0 Å². The summed E-state index contributed by atoms with van der Waals surface area (Å²) in [5.74, 6) is 0.103. The Kier molecular flexibility index (Phi) is 4.93. The maximum absolute atomic E-state index is 12.2. The van der Waals surface area contributed by atoms with Crippen LogP contribution in [0.25, 0.3) is 0 Å². The molecule has 0 atom stereocenters. The zero-order chi connectivity index (χ0) is 13.7. The van der Waals surface area contributed by atoms with Crippen LogP contribution in [0, 0.1) is 0 Å². The van der Waals surface area contributed by atoms with Gasteiger partial charge in [0.2, 0.25) is 0 Å². The zero-order valence-electron chi connectivity index (χ0n) is 11.7. The van der Waals surface area contributed by atoms with Crippen molar-refractivity contribution in [1.29, 1.82) is 0 Å². The first kappa shape index (κ1) is 14.0. The number of benzene rings is 1. The molecule has 4 heteroatoms. The van der Waals surface area contributed by atoms with Gasteiger partial charge in [0.15, 0.2) is 0 Å². The van der Waals surface area contributed by atoms with Crippen molar-refractivity contribution in [3.05, 3.63) is 35.4 Å². The van der Waals surface area contributed by atoms with Crippen molar-refractivity contribution in [1.82, 2.24) is 10.2 Å². The summed E-state index contributed by atoms with van der Waals surface area (Å²) in [7, 11) is 0. The molecule has 0 bridgehead atoms. The highest BCUT2D eigenvalue weighted by molar-refractivity contribution is 5.94. The summed E-state index contributed by atoms with van der Waals surface area (Å²) in [5, 5.41) is 3.36. The minimum absolute atomic E-state index is 0.103. The summed E-state index contributed by atoms with van der Waals surface area (Å²) in [6.45, 7) is 7.74. The standard InChI is InChI=1S/C15H22N2O2/c1-12(2)16-11-13-3-5-14(6-4-13)15(18)17-7-9-19-10-8-17/h3-6,12,16H,7-11H2,1-2H3. The summed E-state index contributed by atoms with van der Waals surface area (Å²) in [6.07, 6.45) is 0. The van der Waals surface area contributed by atoms with E-state index in [1.807, 2.05) is 29.2 Å². The van der Waals surface area contributed by atoms with Crippen LogP contribution in [0.2, 0.25) is 0 Å². The van der Waals surface area contributed by atoms with E-state index in [1.54, 1.807) is 0 Å². The average molecular weight is 262 g/mol. The molecule has 2 rings (SSSR count). The van der Waals surface area contributed by atoms with Gasteiger partial charge in [0.05, 0.1) is 13.2 Å². The predicted octanol–water partition coefficient (Wildman–Crippen LogP) is 1.66. The van der Waals surface area contributed by atoms with Gasteiger partial charge in [0.25, 0.3) is 5.91 Å². The van der Waals surface area contributed by atoms with E-state index in [9.17, 15) is 4.79 Å². The fourth-order valence-electron chi connectivity index (χ4n) is 2.04. The number of rotatable bonds is 4. The smallest absolute Gasteiger partial charge is 0.254 e. The minimum atomic E-state index is 0.103. The van der Waals surface area contributed by atoms with Gasteiger partial charge in [-0.3, -0.25) is 4.79 Å². The van der Waals surface area contributed by atoms with Crippen LogP contribution >= 0.6 is 0 Å².